The summed E-state index contributed by atoms with van der Waals surface area (Å²) in [6.07, 6.45) is 4.41. The van der Waals surface area contributed by atoms with Gasteiger partial charge in [0, 0.05) is 24.2 Å². The number of halogens is 1. The standard InChI is InChI=1S/C19H19ClN4O2S/c20-16-6-3-4-7-17(16)27(25,26)23-15-11-9-14(10-12-15)19-22-21-18-8-2-1-5-13-24(18)19/h3-4,6-7,9-12,23H,1-2,5,8,13H2. The minimum atomic E-state index is -3.74. The Bertz CT molecular complexity index is 1060. The number of nitrogens with zero attached hydrogens (tertiary/aromatic N) is 3. The van der Waals surface area contributed by atoms with Crippen molar-refractivity contribution in [3.8, 4) is 11.4 Å². The molecule has 3 aromatic rings. The highest BCUT2D eigenvalue weighted by Crippen LogP contribution is 2.26. The van der Waals surface area contributed by atoms with Gasteiger partial charge in [-0.25, -0.2) is 8.42 Å². The summed E-state index contributed by atoms with van der Waals surface area (Å²) in [5.74, 6) is 1.85. The van der Waals surface area contributed by atoms with Crippen LogP contribution in [0.1, 0.15) is 25.1 Å². The minimum Gasteiger partial charge on any atom is -0.311 e. The number of hydrogen-bond donors (Lipinski definition) is 1. The first-order valence-electron chi connectivity index (χ1n) is 8.84. The van der Waals surface area contributed by atoms with Crippen LogP contribution in [0.3, 0.4) is 0 Å². The fourth-order valence-corrected chi connectivity index (χ4v) is 4.84. The molecule has 0 unspecified atom stereocenters. The van der Waals surface area contributed by atoms with Gasteiger partial charge in [-0.1, -0.05) is 30.2 Å². The fourth-order valence-electron chi connectivity index (χ4n) is 3.26. The number of nitrogens with one attached hydrogen (secondary N) is 1. The number of benzene rings is 2. The molecule has 2 heterocycles. The van der Waals surface area contributed by atoms with Crippen LogP contribution in [-0.4, -0.2) is 23.2 Å². The van der Waals surface area contributed by atoms with Crippen molar-refractivity contribution >= 4 is 27.3 Å². The molecule has 0 radical (unpaired) electrons. The maximum absolute atomic E-state index is 12.5. The Morgan fingerprint density at radius 3 is 2.52 bits per heavy atom. The average Bonchev–Trinajstić information content (AvgIpc) is 2.90. The molecule has 0 saturated carbocycles. The molecule has 0 aliphatic carbocycles. The second-order valence-corrected chi connectivity index (χ2v) is 8.57. The first kappa shape index (κ1) is 18.0. The van der Waals surface area contributed by atoms with Crippen molar-refractivity contribution in [2.24, 2.45) is 0 Å². The number of fused-ring (bicyclic) bond motifs is 1. The maximum Gasteiger partial charge on any atom is 0.263 e. The van der Waals surface area contributed by atoms with E-state index in [1.807, 2.05) is 12.1 Å². The lowest BCUT2D eigenvalue weighted by Crippen LogP contribution is -2.13. The summed E-state index contributed by atoms with van der Waals surface area (Å²) < 4.78 is 29.8. The zero-order valence-corrected chi connectivity index (χ0v) is 16.2. The van der Waals surface area contributed by atoms with Crippen LogP contribution < -0.4 is 4.72 Å². The molecule has 1 aliphatic heterocycles. The number of hydrogen-bond acceptors (Lipinski definition) is 4. The quantitative estimate of drug-likeness (QED) is 0.711. The highest BCUT2D eigenvalue weighted by molar-refractivity contribution is 7.92. The van der Waals surface area contributed by atoms with Gasteiger partial charge in [0.1, 0.15) is 10.7 Å². The van der Waals surface area contributed by atoms with Crippen LogP contribution in [0.25, 0.3) is 11.4 Å². The van der Waals surface area contributed by atoms with E-state index in [2.05, 4.69) is 19.5 Å². The third-order valence-corrected chi connectivity index (χ3v) is 6.51. The number of rotatable bonds is 4. The summed E-state index contributed by atoms with van der Waals surface area (Å²) in [6, 6.07) is 13.5. The van der Waals surface area contributed by atoms with Gasteiger partial charge >= 0.3 is 0 Å². The molecule has 1 aromatic heterocycles. The smallest absolute Gasteiger partial charge is 0.263 e. The predicted molar refractivity (Wildman–Crippen MR) is 105 cm³/mol. The Kier molecular flexibility index (Phi) is 4.88. The van der Waals surface area contributed by atoms with Gasteiger partial charge < -0.3 is 4.57 Å². The molecule has 8 heteroatoms. The molecule has 1 N–H and O–H groups in total. The Morgan fingerprint density at radius 2 is 1.74 bits per heavy atom. The number of aryl methyl sites for hydroxylation is 1. The fraction of sp³-hybridized carbons (Fsp3) is 0.263. The van der Waals surface area contributed by atoms with Crippen LogP contribution in [0.2, 0.25) is 5.02 Å². The van der Waals surface area contributed by atoms with Gasteiger partial charge in [0.15, 0.2) is 5.82 Å². The van der Waals surface area contributed by atoms with Gasteiger partial charge in [0.2, 0.25) is 0 Å². The van der Waals surface area contributed by atoms with Crippen molar-refractivity contribution in [2.75, 3.05) is 4.72 Å². The van der Waals surface area contributed by atoms with Gasteiger partial charge in [0.25, 0.3) is 10.0 Å². The average molecular weight is 403 g/mol. The zero-order valence-electron chi connectivity index (χ0n) is 14.6. The molecule has 0 spiro atoms. The molecule has 0 bridgehead atoms. The molecule has 0 atom stereocenters. The van der Waals surface area contributed by atoms with E-state index in [0.29, 0.717) is 5.69 Å². The molecule has 0 fully saturated rings. The van der Waals surface area contributed by atoms with Crippen LogP contribution in [0.15, 0.2) is 53.4 Å². The SMILES string of the molecule is O=S(=O)(Nc1ccc(-c2nnc3n2CCCCC3)cc1)c1ccccc1Cl. The Balaban J connectivity index is 1.58. The van der Waals surface area contributed by atoms with Crippen molar-refractivity contribution in [2.45, 2.75) is 37.1 Å². The van der Waals surface area contributed by atoms with Crippen LogP contribution in [0.4, 0.5) is 5.69 Å². The normalized spacial score (nSPS) is 14.4. The Hall–Kier alpha value is -2.38. The minimum absolute atomic E-state index is 0.0542. The summed E-state index contributed by atoms with van der Waals surface area (Å²) in [7, 11) is -3.74. The molecule has 0 saturated heterocycles. The van der Waals surface area contributed by atoms with E-state index >= 15 is 0 Å². The van der Waals surface area contributed by atoms with E-state index in [1.54, 1.807) is 30.3 Å². The highest BCUT2D eigenvalue weighted by atomic mass is 35.5. The van der Waals surface area contributed by atoms with Crippen LogP contribution in [0.5, 0.6) is 0 Å². The second kappa shape index (κ2) is 7.32. The molecular weight excluding hydrogens is 384 g/mol. The number of aromatic nitrogens is 3. The van der Waals surface area contributed by atoms with Crippen LogP contribution in [0, 0.1) is 0 Å². The van der Waals surface area contributed by atoms with Gasteiger partial charge in [-0.3, -0.25) is 4.72 Å². The molecule has 27 heavy (non-hydrogen) atoms. The summed E-state index contributed by atoms with van der Waals surface area (Å²) in [6.45, 7) is 0.915. The first-order valence-corrected chi connectivity index (χ1v) is 10.7. The summed E-state index contributed by atoms with van der Waals surface area (Å²) in [5, 5.41) is 8.83. The first-order chi connectivity index (χ1) is 13.0. The van der Waals surface area contributed by atoms with Gasteiger partial charge in [0.05, 0.1) is 5.02 Å². The molecular formula is C19H19ClN4O2S. The molecule has 6 nitrogen and oxygen atoms in total. The van der Waals surface area contributed by atoms with E-state index in [-0.39, 0.29) is 9.92 Å². The monoisotopic (exact) mass is 402 g/mol. The highest BCUT2D eigenvalue weighted by Gasteiger charge is 2.19. The van der Waals surface area contributed by atoms with Crippen molar-refractivity contribution in [1.82, 2.24) is 14.8 Å². The zero-order chi connectivity index (χ0) is 18.9. The van der Waals surface area contributed by atoms with E-state index in [0.717, 1.165) is 43.0 Å². The third-order valence-electron chi connectivity index (χ3n) is 4.63. The van der Waals surface area contributed by atoms with Gasteiger partial charge in [-0.15, -0.1) is 10.2 Å². The summed E-state index contributed by atoms with van der Waals surface area (Å²) >= 11 is 6.01. The largest absolute Gasteiger partial charge is 0.311 e. The molecule has 0 amide bonds. The Labute approximate surface area is 163 Å². The van der Waals surface area contributed by atoms with Crippen LogP contribution >= 0.6 is 11.6 Å². The van der Waals surface area contributed by atoms with E-state index in [1.165, 1.54) is 12.5 Å². The lowest BCUT2D eigenvalue weighted by Gasteiger charge is -2.10. The third kappa shape index (κ3) is 3.70. The molecule has 1 aliphatic rings. The van der Waals surface area contributed by atoms with Crippen molar-refractivity contribution in [3.63, 3.8) is 0 Å². The lowest BCUT2D eigenvalue weighted by molar-refractivity contribution is 0.601. The van der Waals surface area contributed by atoms with Crippen molar-refractivity contribution in [1.29, 1.82) is 0 Å². The van der Waals surface area contributed by atoms with E-state index < -0.39 is 10.0 Å². The van der Waals surface area contributed by atoms with Gasteiger partial charge in [-0.2, -0.15) is 0 Å². The number of sulfonamides is 1. The van der Waals surface area contributed by atoms with E-state index in [4.69, 9.17) is 11.6 Å². The molecule has 140 valence electrons. The molecule has 4 rings (SSSR count). The second-order valence-electron chi connectivity index (χ2n) is 6.52. The maximum atomic E-state index is 12.5. The predicted octanol–water partition coefficient (Wildman–Crippen LogP) is 4.13. The summed E-state index contributed by atoms with van der Waals surface area (Å²) in [4.78, 5) is 0.0542. The number of anilines is 1. The van der Waals surface area contributed by atoms with E-state index in [9.17, 15) is 8.42 Å². The molecule has 2 aromatic carbocycles. The van der Waals surface area contributed by atoms with Crippen molar-refractivity contribution in [3.05, 3.63) is 59.4 Å². The lowest BCUT2D eigenvalue weighted by atomic mass is 10.2. The topological polar surface area (TPSA) is 76.9 Å². The van der Waals surface area contributed by atoms with Crippen molar-refractivity contribution < 1.29 is 8.42 Å². The Morgan fingerprint density at radius 1 is 0.963 bits per heavy atom. The van der Waals surface area contributed by atoms with Gasteiger partial charge in [-0.05, 0) is 49.2 Å². The van der Waals surface area contributed by atoms with Crippen LogP contribution in [-0.2, 0) is 23.0 Å². The summed E-state index contributed by atoms with van der Waals surface area (Å²) in [5.41, 5.74) is 1.38.